The summed E-state index contributed by atoms with van der Waals surface area (Å²) in [5, 5.41) is 23.8. The molecule has 8 atom stereocenters. The van der Waals surface area contributed by atoms with Gasteiger partial charge in [-0.15, -0.1) is 0 Å². The Balaban J connectivity index is 1.51. The maximum Gasteiger partial charge on any atom is 0.335 e. The Morgan fingerprint density at radius 1 is 1.19 bits per heavy atom. The highest BCUT2D eigenvalue weighted by atomic mass is 16.5. The van der Waals surface area contributed by atoms with Gasteiger partial charge in [0.05, 0.1) is 24.1 Å². The first-order valence-corrected chi connectivity index (χ1v) is 12.0. The van der Waals surface area contributed by atoms with Crippen LogP contribution in [0.2, 0.25) is 0 Å². The molecule has 2 N–H and O–H groups in total. The number of allylic oxidation sites excluding steroid dienone is 1. The molecule has 0 radical (unpaired) electrons. The highest BCUT2D eigenvalue weighted by Gasteiger charge is 2.69. The number of rotatable bonds is 3. The van der Waals surface area contributed by atoms with Gasteiger partial charge in [-0.2, -0.15) is 0 Å². The van der Waals surface area contributed by atoms with Crippen molar-refractivity contribution in [2.24, 2.45) is 22.7 Å². The summed E-state index contributed by atoms with van der Waals surface area (Å²) in [4.78, 5) is 11.5. The van der Waals surface area contributed by atoms with Gasteiger partial charge in [-0.25, -0.2) is 4.79 Å². The Hall–Kier alpha value is -1.43. The first kappa shape index (κ1) is 21.4. The molecule has 5 nitrogen and oxygen atoms in total. The van der Waals surface area contributed by atoms with Crippen LogP contribution in [0.15, 0.2) is 39.3 Å². The predicted molar refractivity (Wildman–Crippen MR) is 118 cm³/mol. The number of ether oxygens (including phenoxy) is 1. The van der Waals surface area contributed by atoms with Gasteiger partial charge in [0.1, 0.15) is 0 Å². The van der Waals surface area contributed by atoms with Crippen molar-refractivity contribution in [2.75, 3.05) is 6.61 Å². The van der Waals surface area contributed by atoms with Gasteiger partial charge in [0.25, 0.3) is 0 Å². The van der Waals surface area contributed by atoms with Crippen molar-refractivity contribution in [3.8, 4) is 0 Å². The van der Waals surface area contributed by atoms with Crippen LogP contribution in [-0.4, -0.2) is 34.6 Å². The molecule has 3 saturated carbocycles. The standard InChI is InChI=1S/C26H36O5/c1-4-30-18-9-11-24(2)17(13-18)6-7-20-23(24)21(27)14-25(3)19(10-12-26(20,25)29)16-5-8-22(28)31-15-16/h5,8,13,15,18-21,23,27,29H,4,6-7,9-12,14H2,1-3H3/t18-,19+,20+,21-,23+,24-,25+,26-/m0/s1. The van der Waals surface area contributed by atoms with Crippen LogP contribution in [0.5, 0.6) is 0 Å². The van der Waals surface area contributed by atoms with Crippen LogP contribution in [0.25, 0.3) is 0 Å². The van der Waals surface area contributed by atoms with Crippen LogP contribution in [-0.2, 0) is 4.74 Å². The molecule has 3 fully saturated rings. The lowest BCUT2D eigenvalue weighted by Crippen LogP contribution is -2.64. The first-order valence-electron chi connectivity index (χ1n) is 12.0. The molecule has 0 saturated heterocycles. The second-order valence-corrected chi connectivity index (χ2v) is 10.9. The van der Waals surface area contributed by atoms with Crippen molar-refractivity contribution in [1.29, 1.82) is 0 Å². The van der Waals surface area contributed by atoms with Crippen LogP contribution in [0.1, 0.15) is 77.2 Å². The average Bonchev–Trinajstić information content (AvgIpc) is 3.00. The molecular formula is C26H36O5. The molecule has 1 aromatic heterocycles. The predicted octanol–water partition coefficient (Wildman–Crippen LogP) is 4.18. The van der Waals surface area contributed by atoms with Crippen LogP contribution in [0, 0.1) is 22.7 Å². The number of aliphatic hydroxyl groups excluding tert-OH is 1. The summed E-state index contributed by atoms with van der Waals surface area (Å²) in [5.41, 5.74) is 0.696. The monoisotopic (exact) mass is 428 g/mol. The molecule has 0 aromatic carbocycles. The average molecular weight is 429 g/mol. The second kappa shape index (κ2) is 7.29. The summed E-state index contributed by atoms with van der Waals surface area (Å²) in [5.74, 6) is 0.226. The zero-order valence-corrected chi connectivity index (χ0v) is 19.0. The SMILES string of the molecule is CCO[C@@H]1C=C2CC[C@@H]3[C@H]([C@@H](O)C[C@]4(C)[C@@H](c5ccc(=O)oc5)CC[C@]34O)[C@@]2(C)CC1. The Morgan fingerprint density at radius 2 is 2.00 bits per heavy atom. The van der Waals surface area contributed by atoms with E-state index < -0.39 is 17.1 Å². The van der Waals surface area contributed by atoms with Crippen LogP contribution in [0.4, 0.5) is 0 Å². The number of hydrogen-bond donors (Lipinski definition) is 2. The molecule has 5 heteroatoms. The lowest BCUT2D eigenvalue weighted by molar-refractivity contribution is -0.214. The normalized spacial score (nSPS) is 46.6. The largest absolute Gasteiger partial charge is 0.431 e. The van der Waals surface area contributed by atoms with Crippen molar-refractivity contribution in [1.82, 2.24) is 0 Å². The van der Waals surface area contributed by atoms with Crippen molar-refractivity contribution >= 4 is 0 Å². The van der Waals surface area contributed by atoms with Gasteiger partial charge in [0, 0.05) is 18.1 Å². The molecule has 5 rings (SSSR count). The second-order valence-electron chi connectivity index (χ2n) is 10.9. The smallest absolute Gasteiger partial charge is 0.335 e. The van der Waals surface area contributed by atoms with E-state index in [1.807, 2.05) is 13.0 Å². The summed E-state index contributed by atoms with van der Waals surface area (Å²) in [7, 11) is 0. The number of aliphatic hydroxyl groups is 2. The van der Waals surface area contributed by atoms with E-state index in [9.17, 15) is 15.0 Å². The molecule has 170 valence electrons. The van der Waals surface area contributed by atoms with E-state index in [1.54, 1.807) is 6.26 Å². The molecule has 4 aliphatic rings. The number of fused-ring (bicyclic) bond motifs is 5. The summed E-state index contributed by atoms with van der Waals surface area (Å²) in [6.07, 6.45) is 9.62. The number of hydrogen-bond acceptors (Lipinski definition) is 5. The summed E-state index contributed by atoms with van der Waals surface area (Å²) >= 11 is 0. The zero-order chi connectivity index (χ0) is 22.0. The molecule has 0 aliphatic heterocycles. The zero-order valence-electron chi connectivity index (χ0n) is 19.0. The highest BCUT2D eigenvalue weighted by Crippen LogP contribution is 2.70. The summed E-state index contributed by atoms with van der Waals surface area (Å²) in [6.45, 7) is 7.22. The molecule has 4 aliphatic carbocycles. The minimum Gasteiger partial charge on any atom is -0.431 e. The van der Waals surface area contributed by atoms with E-state index in [2.05, 4.69) is 19.9 Å². The third kappa shape index (κ3) is 2.96. The maximum absolute atomic E-state index is 12.3. The van der Waals surface area contributed by atoms with E-state index in [0.717, 1.165) is 50.7 Å². The Labute approximate surface area is 184 Å². The molecule has 1 heterocycles. The molecular weight excluding hydrogens is 392 g/mol. The minimum absolute atomic E-state index is 0.0700. The lowest BCUT2D eigenvalue weighted by Gasteiger charge is -2.63. The highest BCUT2D eigenvalue weighted by molar-refractivity contribution is 5.32. The third-order valence-electron chi connectivity index (χ3n) is 9.70. The van der Waals surface area contributed by atoms with Crippen molar-refractivity contribution < 1.29 is 19.4 Å². The van der Waals surface area contributed by atoms with E-state index in [4.69, 9.17) is 9.15 Å². The van der Waals surface area contributed by atoms with Gasteiger partial charge in [-0.1, -0.05) is 25.5 Å². The van der Waals surface area contributed by atoms with E-state index in [1.165, 1.54) is 11.6 Å². The van der Waals surface area contributed by atoms with Gasteiger partial charge < -0.3 is 19.4 Å². The van der Waals surface area contributed by atoms with Crippen LogP contribution >= 0.6 is 0 Å². The quantitative estimate of drug-likeness (QED) is 0.706. The molecule has 0 amide bonds. The van der Waals surface area contributed by atoms with Gasteiger partial charge in [0.2, 0.25) is 0 Å². The fourth-order valence-electron chi connectivity index (χ4n) is 8.22. The van der Waals surface area contributed by atoms with Gasteiger partial charge in [-0.05, 0) is 86.7 Å². The summed E-state index contributed by atoms with van der Waals surface area (Å²) in [6, 6.07) is 3.30. The Kier molecular flexibility index (Phi) is 5.04. The molecule has 0 unspecified atom stereocenters. The van der Waals surface area contributed by atoms with Crippen LogP contribution < -0.4 is 5.63 Å². The maximum atomic E-state index is 12.3. The Bertz CT molecular complexity index is 915. The van der Waals surface area contributed by atoms with Crippen LogP contribution in [0.3, 0.4) is 0 Å². The Morgan fingerprint density at radius 3 is 2.71 bits per heavy atom. The van der Waals surface area contributed by atoms with Crippen molar-refractivity contribution in [3.05, 3.63) is 46.0 Å². The van der Waals surface area contributed by atoms with E-state index in [0.29, 0.717) is 6.42 Å². The fraction of sp³-hybridized carbons (Fsp3) is 0.731. The van der Waals surface area contributed by atoms with Crippen molar-refractivity contribution in [2.45, 2.75) is 89.4 Å². The molecule has 31 heavy (non-hydrogen) atoms. The van der Waals surface area contributed by atoms with Crippen molar-refractivity contribution in [3.63, 3.8) is 0 Å². The molecule has 0 bridgehead atoms. The molecule has 0 spiro atoms. The summed E-state index contributed by atoms with van der Waals surface area (Å²) < 4.78 is 11.1. The lowest BCUT2D eigenvalue weighted by atomic mass is 9.44. The fourth-order valence-corrected chi connectivity index (χ4v) is 8.22. The first-order chi connectivity index (χ1) is 14.7. The molecule has 1 aromatic rings. The minimum atomic E-state index is -0.816. The van der Waals surface area contributed by atoms with Gasteiger partial charge >= 0.3 is 5.63 Å². The van der Waals surface area contributed by atoms with E-state index in [-0.39, 0.29) is 34.9 Å². The topological polar surface area (TPSA) is 79.9 Å². The van der Waals surface area contributed by atoms with Gasteiger partial charge in [0.15, 0.2) is 0 Å². The third-order valence-corrected chi connectivity index (χ3v) is 9.70. The van der Waals surface area contributed by atoms with E-state index >= 15 is 0 Å². The van der Waals surface area contributed by atoms with Gasteiger partial charge in [-0.3, -0.25) is 0 Å².